The summed E-state index contributed by atoms with van der Waals surface area (Å²) in [4.78, 5) is 4.79. The molecule has 0 aliphatic heterocycles. The van der Waals surface area contributed by atoms with E-state index < -0.39 is 0 Å². The Hall–Kier alpha value is -1.63. The third-order valence-electron chi connectivity index (χ3n) is 3.66. The molecule has 1 aromatic carbocycles. The molecule has 1 aromatic heterocycles. The quantitative estimate of drug-likeness (QED) is 0.748. The van der Waals surface area contributed by atoms with Crippen molar-refractivity contribution < 1.29 is 0 Å². The Kier molecular flexibility index (Phi) is 4.59. The first-order valence-electron chi connectivity index (χ1n) is 7.57. The summed E-state index contributed by atoms with van der Waals surface area (Å²) < 4.78 is 0. The summed E-state index contributed by atoms with van der Waals surface area (Å²) in [5.41, 5.74) is 7.78. The maximum atomic E-state index is 4.79. The lowest BCUT2D eigenvalue weighted by Crippen LogP contribution is -2.05. The van der Waals surface area contributed by atoms with Gasteiger partial charge in [0.25, 0.3) is 0 Å². The van der Waals surface area contributed by atoms with E-state index in [9.17, 15) is 0 Å². The molecule has 0 amide bonds. The summed E-state index contributed by atoms with van der Waals surface area (Å²) in [6.45, 7) is 11.0. The van der Waals surface area contributed by atoms with Crippen molar-refractivity contribution in [2.24, 2.45) is 5.92 Å². The first-order valence-corrected chi connectivity index (χ1v) is 7.57. The Morgan fingerprint density at radius 2 is 1.70 bits per heavy atom. The van der Waals surface area contributed by atoms with Crippen LogP contribution in [0.15, 0.2) is 30.3 Å². The van der Waals surface area contributed by atoms with Crippen LogP contribution in [0.5, 0.6) is 0 Å². The number of benzene rings is 1. The summed E-state index contributed by atoms with van der Waals surface area (Å²) in [5, 5.41) is 0. The summed E-state index contributed by atoms with van der Waals surface area (Å²) in [5.74, 6) is 0.639. The lowest BCUT2D eigenvalue weighted by atomic mass is 9.93. The zero-order valence-electron chi connectivity index (χ0n) is 13.3. The first kappa shape index (κ1) is 14.8. The van der Waals surface area contributed by atoms with E-state index in [-0.39, 0.29) is 0 Å². The molecule has 0 spiro atoms. The minimum absolute atomic E-state index is 0.639. The largest absolute Gasteiger partial charge is 0.258 e. The van der Waals surface area contributed by atoms with Crippen molar-refractivity contribution in [2.75, 3.05) is 0 Å². The number of hydrogen-bond acceptors (Lipinski definition) is 1. The van der Waals surface area contributed by atoms with Crippen LogP contribution in [0.4, 0.5) is 0 Å². The van der Waals surface area contributed by atoms with Gasteiger partial charge in [0.15, 0.2) is 0 Å². The fourth-order valence-electron chi connectivity index (χ4n) is 2.70. The Labute approximate surface area is 123 Å². The van der Waals surface area contributed by atoms with Gasteiger partial charge in [0.05, 0.1) is 0 Å². The van der Waals surface area contributed by atoms with E-state index in [2.05, 4.69) is 65.0 Å². The smallest absolute Gasteiger partial charge is 0.0447 e. The molecular formula is C19H25N. The topological polar surface area (TPSA) is 12.9 Å². The van der Waals surface area contributed by atoms with Crippen molar-refractivity contribution in [1.82, 2.24) is 4.98 Å². The highest BCUT2D eigenvalue weighted by atomic mass is 14.7. The van der Waals surface area contributed by atoms with Gasteiger partial charge in [-0.3, -0.25) is 4.98 Å². The van der Waals surface area contributed by atoms with Gasteiger partial charge in [-0.1, -0.05) is 50.6 Å². The number of nitrogens with zero attached hydrogens (tertiary/aromatic N) is 1. The number of aromatic nitrogens is 1. The zero-order valence-corrected chi connectivity index (χ0v) is 13.3. The predicted molar refractivity (Wildman–Crippen MR) is 87.1 cm³/mol. The lowest BCUT2D eigenvalue weighted by molar-refractivity contribution is 0.629. The average molecular weight is 267 g/mol. The van der Waals surface area contributed by atoms with Gasteiger partial charge in [0.2, 0.25) is 0 Å². The molecule has 2 aromatic rings. The third kappa shape index (κ3) is 3.27. The number of aryl methyl sites for hydroxylation is 2. The third-order valence-corrected chi connectivity index (χ3v) is 3.66. The van der Waals surface area contributed by atoms with Crippen LogP contribution in [-0.2, 0) is 12.8 Å². The van der Waals surface area contributed by atoms with Crippen molar-refractivity contribution in [3.63, 3.8) is 0 Å². The second-order valence-corrected chi connectivity index (χ2v) is 6.05. The number of rotatable bonds is 4. The molecule has 0 saturated carbocycles. The molecule has 0 saturated heterocycles. The van der Waals surface area contributed by atoms with Crippen LogP contribution in [0.2, 0.25) is 0 Å². The second-order valence-electron chi connectivity index (χ2n) is 6.05. The van der Waals surface area contributed by atoms with E-state index in [4.69, 9.17) is 4.98 Å². The van der Waals surface area contributed by atoms with Gasteiger partial charge in [-0.05, 0) is 55.4 Å². The molecule has 0 atom stereocenters. The SMILES string of the molecule is CCc1c(-c2ccc(C)cc2)cc(C)nc1CC(C)C. The molecule has 1 nitrogen and oxygen atoms in total. The van der Waals surface area contributed by atoms with Gasteiger partial charge in [-0.25, -0.2) is 0 Å². The van der Waals surface area contributed by atoms with E-state index >= 15 is 0 Å². The molecule has 0 N–H and O–H groups in total. The van der Waals surface area contributed by atoms with Crippen molar-refractivity contribution in [1.29, 1.82) is 0 Å². The maximum Gasteiger partial charge on any atom is 0.0447 e. The molecule has 1 heterocycles. The van der Waals surface area contributed by atoms with Crippen LogP contribution in [-0.4, -0.2) is 4.98 Å². The molecule has 2 rings (SSSR count). The fourth-order valence-corrected chi connectivity index (χ4v) is 2.70. The van der Waals surface area contributed by atoms with Crippen molar-refractivity contribution in [2.45, 2.75) is 47.5 Å². The van der Waals surface area contributed by atoms with Crippen molar-refractivity contribution >= 4 is 0 Å². The number of hydrogen-bond donors (Lipinski definition) is 0. The molecule has 1 heteroatoms. The van der Waals surface area contributed by atoms with Crippen LogP contribution in [0.3, 0.4) is 0 Å². The zero-order chi connectivity index (χ0) is 14.7. The van der Waals surface area contributed by atoms with Crippen LogP contribution in [0, 0.1) is 19.8 Å². The number of pyridine rings is 1. The van der Waals surface area contributed by atoms with Gasteiger partial charge in [-0.15, -0.1) is 0 Å². The molecule has 0 bridgehead atoms. The summed E-state index contributed by atoms with van der Waals surface area (Å²) >= 11 is 0. The first-order chi connectivity index (χ1) is 9.51. The molecule has 20 heavy (non-hydrogen) atoms. The summed E-state index contributed by atoms with van der Waals surface area (Å²) in [6.07, 6.45) is 2.10. The Morgan fingerprint density at radius 3 is 2.25 bits per heavy atom. The standard InChI is InChI=1S/C19H25N/c1-6-17-18(16-9-7-14(4)8-10-16)12-15(5)20-19(17)11-13(2)3/h7-10,12-13H,6,11H2,1-5H3. The van der Waals surface area contributed by atoms with E-state index in [1.54, 1.807) is 0 Å². The minimum Gasteiger partial charge on any atom is -0.258 e. The minimum atomic E-state index is 0.639. The normalized spacial score (nSPS) is 11.1. The highest BCUT2D eigenvalue weighted by Crippen LogP contribution is 2.28. The highest BCUT2D eigenvalue weighted by Gasteiger charge is 2.12. The van der Waals surface area contributed by atoms with E-state index in [1.807, 2.05) is 0 Å². The van der Waals surface area contributed by atoms with Gasteiger partial charge in [0.1, 0.15) is 0 Å². The second kappa shape index (κ2) is 6.21. The van der Waals surface area contributed by atoms with Gasteiger partial charge >= 0.3 is 0 Å². The molecular weight excluding hydrogens is 242 g/mol. The Balaban J connectivity index is 2.56. The monoisotopic (exact) mass is 267 g/mol. The predicted octanol–water partition coefficient (Wildman–Crippen LogP) is 5.13. The van der Waals surface area contributed by atoms with Crippen LogP contribution in [0.1, 0.15) is 43.3 Å². The average Bonchev–Trinajstić information content (AvgIpc) is 2.38. The Morgan fingerprint density at radius 1 is 1.05 bits per heavy atom. The molecule has 0 unspecified atom stereocenters. The van der Waals surface area contributed by atoms with E-state index in [1.165, 1.54) is 27.9 Å². The molecule has 106 valence electrons. The van der Waals surface area contributed by atoms with Gasteiger partial charge < -0.3 is 0 Å². The summed E-state index contributed by atoms with van der Waals surface area (Å²) in [7, 11) is 0. The van der Waals surface area contributed by atoms with Crippen LogP contribution >= 0.6 is 0 Å². The lowest BCUT2D eigenvalue weighted by Gasteiger charge is -2.16. The van der Waals surface area contributed by atoms with Crippen LogP contribution in [0.25, 0.3) is 11.1 Å². The van der Waals surface area contributed by atoms with Gasteiger partial charge in [0, 0.05) is 11.4 Å². The summed E-state index contributed by atoms with van der Waals surface area (Å²) in [6, 6.07) is 11.1. The van der Waals surface area contributed by atoms with Crippen molar-refractivity contribution in [3.05, 3.63) is 52.8 Å². The molecule has 0 aliphatic carbocycles. The van der Waals surface area contributed by atoms with E-state index in [0.717, 1.165) is 18.5 Å². The Bertz CT molecular complexity index is 579. The molecule has 0 radical (unpaired) electrons. The molecule has 0 aliphatic rings. The van der Waals surface area contributed by atoms with Crippen molar-refractivity contribution in [3.8, 4) is 11.1 Å². The maximum absolute atomic E-state index is 4.79. The fraction of sp³-hybridized carbons (Fsp3) is 0.421. The molecule has 0 fully saturated rings. The highest BCUT2D eigenvalue weighted by molar-refractivity contribution is 5.69. The van der Waals surface area contributed by atoms with Gasteiger partial charge in [-0.2, -0.15) is 0 Å². The van der Waals surface area contributed by atoms with E-state index in [0.29, 0.717) is 5.92 Å². The van der Waals surface area contributed by atoms with Crippen LogP contribution < -0.4 is 0 Å².